The zero-order valence-corrected chi connectivity index (χ0v) is 9.24. The first-order valence-electron chi connectivity index (χ1n) is 5.23. The van der Waals surface area contributed by atoms with Crippen LogP contribution in [0.15, 0.2) is 12.4 Å². The second-order valence-corrected chi connectivity index (χ2v) is 4.37. The Labute approximate surface area is 94.2 Å². The van der Waals surface area contributed by atoms with Crippen LogP contribution < -0.4 is 11.1 Å². The molecule has 3 N–H and O–H groups in total. The molecule has 0 aliphatic heterocycles. The Morgan fingerprint density at radius 3 is 2.67 bits per heavy atom. The molecular formula is C10H15ClN4. The zero-order chi connectivity index (χ0) is 10.7. The Morgan fingerprint density at radius 2 is 2.00 bits per heavy atom. The molecule has 0 radical (unpaired) electrons. The molecule has 1 aromatic rings. The van der Waals surface area contributed by atoms with Gasteiger partial charge in [0.15, 0.2) is 0 Å². The minimum Gasteiger partial charge on any atom is -0.366 e. The van der Waals surface area contributed by atoms with Crippen molar-refractivity contribution in [2.75, 3.05) is 5.32 Å². The largest absolute Gasteiger partial charge is 0.366 e. The molecule has 0 saturated heterocycles. The number of nitrogens with zero attached hydrogens (tertiary/aromatic N) is 2. The Bertz CT molecular complexity index is 323. The molecular weight excluding hydrogens is 212 g/mol. The van der Waals surface area contributed by atoms with Crippen molar-refractivity contribution in [3.63, 3.8) is 0 Å². The topological polar surface area (TPSA) is 63.8 Å². The van der Waals surface area contributed by atoms with Gasteiger partial charge in [-0.2, -0.15) is 0 Å². The predicted molar refractivity (Wildman–Crippen MR) is 60.9 cm³/mol. The van der Waals surface area contributed by atoms with Gasteiger partial charge in [-0.3, -0.25) is 4.98 Å². The van der Waals surface area contributed by atoms with Gasteiger partial charge in [-0.1, -0.05) is 11.6 Å². The molecule has 1 fully saturated rings. The average Bonchev–Trinajstić information content (AvgIpc) is 2.22. The second-order valence-electron chi connectivity index (χ2n) is 3.98. The van der Waals surface area contributed by atoms with Crippen molar-refractivity contribution >= 4 is 17.4 Å². The highest BCUT2D eigenvalue weighted by molar-refractivity contribution is 6.29. The third-order valence-corrected chi connectivity index (χ3v) is 2.91. The number of aromatic nitrogens is 2. The fraction of sp³-hybridized carbons (Fsp3) is 0.600. The van der Waals surface area contributed by atoms with Crippen molar-refractivity contribution in [2.24, 2.45) is 5.73 Å². The van der Waals surface area contributed by atoms with Gasteiger partial charge in [0.2, 0.25) is 0 Å². The highest BCUT2D eigenvalue weighted by Crippen LogP contribution is 2.20. The molecule has 0 amide bonds. The van der Waals surface area contributed by atoms with Gasteiger partial charge in [-0.05, 0) is 25.7 Å². The van der Waals surface area contributed by atoms with Crippen LogP contribution in [-0.2, 0) is 0 Å². The SMILES string of the molecule is N[C@H]1CC[C@H](Nc2cncc(Cl)n2)CC1. The van der Waals surface area contributed by atoms with E-state index in [2.05, 4.69) is 15.3 Å². The predicted octanol–water partition coefficient (Wildman–Crippen LogP) is 1.81. The monoisotopic (exact) mass is 226 g/mol. The Hall–Kier alpha value is -0.870. The van der Waals surface area contributed by atoms with Crippen LogP contribution in [-0.4, -0.2) is 22.1 Å². The van der Waals surface area contributed by atoms with E-state index in [1.807, 2.05) is 0 Å². The third kappa shape index (κ3) is 3.04. The summed E-state index contributed by atoms with van der Waals surface area (Å²) in [4.78, 5) is 8.13. The molecule has 0 aromatic carbocycles. The number of rotatable bonds is 2. The molecule has 2 rings (SSSR count). The maximum atomic E-state index is 5.84. The molecule has 0 atom stereocenters. The minimum absolute atomic E-state index is 0.369. The molecule has 1 heterocycles. The lowest BCUT2D eigenvalue weighted by molar-refractivity contribution is 0.410. The highest BCUT2D eigenvalue weighted by atomic mass is 35.5. The van der Waals surface area contributed by atoms with Crippen molar-refractivity contribution in [3.8, 4) is 0 Å². The zero-order valence-electron chi connectivity index (χ0n) is 8.49. The van der Waals surface area contributed by atoms with Crippen LogP contribution in [0.5, 0.6) is 0 Å². The summed E-state index contributed by atoms with van der Waals surface area (Å²) in [6.07, 6.45) is 7.56. The van der Waals surface area contributed by atoms with Crippen molar-refractivity contribution < 1.29 is 0 Å². The number of halogens is 1. The van der Waals surface area contributed by atoms with Gasteiger partial charge < -0.3 is 11.1 Å². The van der Waals surface area contributed by atoms with E-state index in [-0.39, 0.29) is 0 Å². The lowest BCUT2D eigenvalue weighted by Gasteiger charge is -2.27. The van der Waals surface area contributed by atoms with Crippen molar-refractivity contribution in [1.82, 2.24) is 9.97 Å². The van der Waals surface area contributed by atoms with Crippen LogP contribution in [0.2, 0.25) is 5.15 Å². The quantitative estimate of drug-likeness (QED) is 0.808. The highest BCUT2D eigenvalue weighted by Gasteiger charge is 2.18. The number of anilines is 1. The average molecular weight is 227 g/mol. The first kappa shape index (κ1) is 10.6. The summed E-state index contributed by atoms with van der Waals surface area (Å²) in [7, 11) is 0. The number of hydrogen-bond donors (Lipinski definition) is 2. The van der Waals surface area contributed by atoms with Crippen LogP contribution in [0.4, 0.5) is 5.82 Å². The van der Waals surface area contributed by atoms with E-state index in [9.17, 15) is 0 Å². The maximum Gasteiger partial charge on any atom is 0.149 e. The molecule has 0 unspecified atom stereocenters. The second kappa shape index (κ2) is 4.77. The van der Waals surface area contributed by atoms with E-state index in [0.29, 0.717) is 17.2 Å². The first-order valence-corrected chi connectivity index (χ1v) is 5.61. The van der Waals surface area contributed by atoms with Gasteiger partial charge in [0, 0.05) is 12.1 Å². The van der Waals surface area contributed by atoms with Crippen LogP contribution in [0, 0.1) is 0 Å². The van der Waals surface area contributed by atoms with E-state index >= 15 is 0 Å². The summed E-state index contributed by atoms with van der Waals surface area (Å²) in [5.41, 5.74) is 5.84. The van der Waals surface area contributed by atoms with Gasteiger partial charge in [0.1, 0.15) is 11.0 Å². The Morgan fingerprint density at radius 1 is 1.27 bits per heavy atom. The van der Waals surface area contributed by atoms with E-state index < -0.39 is 0 Å². The lowest BCUT2D eigenvalue weighted by atomic mass is 9.92. The van der Waals surface area contributed by atoms with Gasteiger partial charge in [0.25, 0.3) is 0 Å². The molecule has 82 valence electrons. The molecule has 1 aliphatic rings. The van der Waals surface area contributed by atoms with E-state index in [0.717, 1.165) is 31.5 Å². The summed E-state index contributed by atoms with van der Waals surface area (Å²) in [5, 5.41) is 3.75. The van der Waals surface area contributed by atoms with Crippen LogP contribution in [0.3, 0.4) is 0 Å². The molecule has 1 saturated carbocycles. The molecule has 5 heteroatoms. The van der Waals surface area contributed by atoms with E-state index in [4.69, 9.17) is 17.3 Å². The Balaban J connectivity index is 1.92. The van der Waals surface area contributed by atoms with Crippen molar-refractivity contribution in [2.45, 2.75) is 37.8 Å². The van der Waals surface area contributed by atoms with Gasteiger partial charge in [0.05, 0.1) is 12.4 Å². The minimum atomic E-state index is 0.369. The van der Waals surface area contributed by atoms with Crippen LogP contribution in [0.25, 0.3) is 0 Å². The standard InChI is InChI=1S/C10H15ClN4/c11-9-5-13-6-10(15-9)14-8-3-1-7(12)2-4-8/h5-8H,1-4,12H2,(H,14,15)/t7-,8-. The summed E-state index contributed by atoms with van der Waals surface area (Å²) < 4.78 is 0. The van der Waals surface area contributed by atoms with E-state index in [1.165, 1.54) is 6.20 Å². The summed E-state index contributed by atoms with van der Waals surface area (Å²) >= 11 is 5.75. The summed E-state index contributed by atoms with van der Waals surface area (Å²) in [6.45, 7) is 0. The summed E-state index contributed by atoms with van der Waals surface area (Å²) in [6, 6.07) is 0.825. The molecule has 0 bridgehead atoms. The molecule has 4 nitrogen and oxygen atoms in total. The maximum absolute atomic E-state index is 5.84. The lowest BCUT2D eigenvalue weighted by Crippen LogP contribution is -2.33. The normalized spacial score (nSPS) is 26.3. The third-order valence-electron chi connectivity index (χ3n) is 2.73. The van der Waals surface area contributed by atoms with Crippen LogP contribution >= 0.6 is 11.6 Å². The Kier molecular flexibility index (Phi) is 3.38. The molecule has 15 heavy (non-hydrogen) atoms. The van der Waals surface area contributed by atoms with E-state index in [1.54, 1.807) is 6.20 Å². The van der Waals surface area contributed by atoms with Crippen LogP contribution in [0.1, 0.15) is 25.7 Å². The number of nitrogens with two attached hydrogens (primary N) is 1. The fourth-order valence-corrected chi connectivity index (χ4v) is 2.03. The molecule has 0 spiro atoms. The fourth-order valence-electron chi connectivity index (χ4n) is 1.88. The van der Waals surface area contributed by atoms with Gasteiger partial charge >= 0.3 is 0 Å². The van der Waals surface area contributed by atoms with Crippen molar-refractivity contribution in [1.29, 1.82) is 0 Å². The van der Waals surface area contributed by atoms with Gasteiger partial charge in [-0.15, -0.1) is 0 Å². The molecule has 1 aromatic heterocycles. The number of hydrogen-bond acceptors (Lipinski definition) is 4. The first-order chi connectivity index (χ1) is 7.24. The molecule has 1 aliphatic carbocycles. The smallest absolute Gasteiger partial charge is 0.149 e. The summed E-state index contributed by atoms with van der Waals surface area (Å²) in [5.74, 6) is 0.753. The van der Waals surface area contributed by atoms with Crippen molar-refractivity contribution in [3.05, 3.63) is 17.5 Å². The number of nitrogens with one attached hydrogen (secondary N) is 1. The van der Waals surface area contributed by atoms with Gasteiger partial charge in [-0.25, -0.2) is 4.98 Å².